The summed E-state index contributed by atoms with van der Waals surface area (Å²) < 4.78 is 118. The van der Waals surface area contributed by atoms with Crippen LogP contribution >= 0.6 is 0 Å². The van der Waals surface area contributed by atoms with E-state index in [1.165, 1.54) is 24.5 Å². The first-order valence-corrected chi connectivity index (χ1v) is 19.6. The minimum Gasteiger partial charge on any atom is -0.489 e. The zero-order chi connectivity index (χ0) is 35.4. The molecule has 1 saturated carbocycles. The number of fused-ring (bicyclic) bond motifs is 3. The lowest BCUT2D eigenvalue weighted by Gasteiger charge is -2.43. The molecule has 2 aliphatic carbocycles. The Kier molecular flexibility index (Phi) is 9.38. The second kappa shape index (κ2) is 13.0. The van der Waals surface area contributed by atoms with Crippen LogP contribution in [0.25, 0.3) is 0 Å². The van der Waals surface area contributed by atoms with E-state index in [4.69, 9.17) is 4.74 Å². The highest BCUT2D eigenvalue weighted by atomic mass is 32.2. The zero-order valence-electron chi connectivity index (χ0n) is 26.8. The van der Waals surface area contributed by atoms with E-state index in [2.05, 4.69) is 10.6 Å². The Bertz CT molecular complexity index is 1960. The molecule has 0 aromatic heterocycles. The third-order valence-corrected chi connectivity index (χ3v) is 13.4. The molecule has 2 fully saturated rings. The average Bonchev–Trinajstić information content (AvgIpc) is 3.45. The zero-order valence-corrected chi connectivity index (χ0v) is 28.4. The van der Waals surface area contributed by atoms with Crippen LogP contribution < -0.4 is 9.46 Å². The predicted octanol–water partition coefficient (Wildman–Crippen LogP) is 6.19. The van der Waals surface area contributed by atoms with Gasteiger partial charge in [-0.25, -0.2) is 21.9 Å². The fourth-order valence-corrected chi connectivity index (χ4v) is 11.2. The summed E-state index contributed by atoms with van der Waals surface area (Å²) in [5.41, 5.74) is -0.766. The second-order valence-corrected chi connectivity index (χ2v) is 17.7. The maximum Gasteiger partial charge on any atom is 0.416 e. The van der Waals surface area contributed by atoms with Gasteiger partial charge in [0.2, 0.25) is 5.91 Å². The van der Waals surface area contributed by atoms with Gasteiger partial charge in [-0.05, 0) is 110 Å². The maximum absolute atomic E-state index is 14.7. The van der Waals surface area contributed by atoms with Crippen LogP contribution in [0, 0.1) is 17.6 Å². The van der Waals surface area contributed by atoms with Gasteiger partial charge in [0.1, 0.15) is 28.7 Å². The van der Waals surface area contributed by atoms with E-state index in [0.717, 1.165) is 30.3 Å². The SMILES string of the molecule is C=S(C)(=O)NC1CCC(C(=O)N2CC[C@@]3(S(=O)(=O)c4ccc(F)cc4)c4ccc(OCc5c(F)cccc5C(F)(F)F)cc4CC[C@@H]23)CC1. The molecule has 6 rings (SSSR count). The third kappa shape index (κ3) is 6.71. The van der Waals surface area contributed by atoms with Crippen LogP contribution in [-0.2, 0) is 48.3 Å². The normalized spacial score (nSPS) is 25.3. The van der Waals surface area contributed by atoms with E-state index in [1.807, 2.05) is 0 Å². The Morgan fingerprint density at radius 2 is 1.69 bits per heavy atom. The smallest absolute Gasteiger partial charge is 0.416 e. The van der Waals surface area contributed by atoms with Crippen LogP contribution in [0.1, 0.15) is 60.8 Å². The molecule has 1 aliphatic heterocycles. The summed E-state index contributed by atoms with van der Waals surface area (Å²) in [6.45, 7) is -0.527. The Labute approximate surface area is 282 Å². The first-order chi connectivity index (χ1) is 23.0. The number of carbonyl (C=O) groups excluding carboxylic acids is 1. The van der Waals surface area contributed by atoms with E-state index < -0.39 is 65.9 Å². The predicted molar refractivity (Wildman–Crippen MR) is 176 cm³/mol. The van der Waals surface area contributed by atoms with Gasteiger partial charge in [-0.1, -0.05) is 12.1 Å². The van der Waals surface area contributed by atoms with Crippen molar-refractivity contribution in [2.75, 3.05) is 12.8 Å². The number of rotatable bonds is 8. The molecule has 3 aromatic carbocycles. The number of nitrogens with zero attached hydrogens (tertiary/aromatic N) is 1. The molecule has 3 atom stereocenters. The Hall–Kier alpha value is -3.49. The maximum atomic E-state index is 14.7. The summed E-state index contributed by atoms with van der Waals surface area (Å²) in [5.74, 6) is 1.65. The van der Waals surface area contributed by atoms with Crippen LogP contribution in [0.15, 0.2) is 65.6 Å². The highest BCUT2D eigenvalue weighted by Crippen LogP contribution is 2.53. The highest BCUT2D eigenvalue weighted by molar-refractivity contribution is 7.97. The molecule has 3 aromatic rings. The number of likely N-dealkylation sites (tertiary alicyclic amines) is 1. The fourth-order valence-electron chi connectivity index (χ4n) is 7.85. The summed E-state index contributed by atoms with van der Waals surface area (Å²) in [7, 11) is -6.65. The summed E-state index contributed by atoms with van der Waals surface area (Å²) in [6.07, 6.45) is -0.222. The summed E-state index contributed by atoms with van der Waals surface area (Å²) in [6, 6.07) is 11.1. The highest BCUT2D eigenvalue weighted by Gasteiger charge is 2.61. The third-order valence-electron chi connectivity index (χ3n) is 10.0. The van der Waals surface area contributed by atoms with Gasteiger partial charge < -0.3 is 9.64 Å². The first kappa shape index (κ1) is 35.3. The minimum absolute atomic E-state index is 0.0352. The van der Waals surface area contributed by atoms with Crippen LogP contribution in [0.2, 0.25) is 0 Å². The fraction of sp³-hybridized carbons (Fsp3) is 0.429. The molecule has 1 heterocycles. The topological polar surface area (TPSA) is 92.8 Å². The Balaban J connectivity index is 1.32. The molecule has 264 valence electrons. The van der Waals surface area contributed by atoms with Gasteiger partial charge in [0.15, 0.2) is 9.84 Å². The van der Waals surface area contributed by atoms with Gasteiger partial charge >= 0.3 is 6.18 Å². The van der Waals surface area contributed by atoms with Gasteiger partial charge in [0, 0.05) is 40.0 Å². The molecule has 14 heteroatoms. The first-order valence-electron chi connectivity index (χ1n) is 16.0. The molecule has 1 N–H and O–H groups in total. The number of halogens is 5. The van der Waals surface area contributed by atoms with Gasteiger partial charge in [-0.3, -0.25) is 9.00 Å². The summed E-state index contributed by atoms with van der Waals surface area (Å²) in [5, 5.41) is 0. The Morgan fingerprint density at radius 3 is 2.35 bits per heavy atom. The van der Waals surface area contributed by atoms with Crippen molar-refractivity contribution in [3.05, 3.63) is 94.6 Å². The van der Waals surface area contributed by atoms with Gasteiger partial charge in [0.25, 0.3) is 0 Å². The molecule has 1 unspecified atom stereocenters. The second-order valence-electron chi connectivity index (χ2n) is 13.2. The van der Waals surface area contributed by atoms with Crippen molar-refractivity contribution in [3.63, 3.8) is 0 Å². The number of carbonyl (C=O) groups is 1. The van der Waals surface area contributed by atoms with E-state index in [1.54, 1.807) is 17.0 Å². The van der Waals surface area contributed by atoms with Crippen LogP contribution in [0.3, 0.4) is 0 Å². The molecule has 3 aliphatic rings. The lowest BCUT2D eigenvalue weighted by Crippen LogP contribution is -2.53. The average molecular weight is 725 g/mol. The molecular weight excluding hydrogens is 688 g/mol. The molecule has 0 bridgehead atoms. The standard InChI is InChI=1S/C35H37F5N2O5S2/c1-48(2,44)41-25-11-6-22(7-12-25)33(43)42-19-18-34(49(45,46)27-14-9-24(36)10-15-27)29-16-13-26(20-23(29)8-17-32(34)42)47-21-28-30(35(38,39)40)4-3-5-31(28)37/h3-5,9-10,13-16,20,22,25,32H,1,6-8,11-12,17-19,21H2,2H3,(H,41,44)/t22?,25?,32-,34-,48?/m1/s1. The van der Waals surface area contributed by atoms with Gasteiger partial charge in [-0.15, -0.1) is 0 Å². The van der Waals surface area contributed by atoms with Crippen molar-refractivity contribution in [1.29, 1.82) is 0 Å². The van der Waals surface area contributed by atoms with E-state index in [9.17, 15) is 39.4 Å². The number of benzene rings is 3. The number of nitrogens with one attached hydrogen (secondary N) is 1. The molecule has 7 nitrogen and oxygen atoms in total. The van der Waals surface area contributed by atoms with E-state index in [-0.39, 0.29) is 47.9 Å². The molecule has 1 amide bonds. The molecule has 0 spiro atoms. The quantitative estimate of drug-likeness (QED) is 0.170. The minimum atomic E-state index is -4.79. The number of aryl methyl sites for hydroxylation is 1. The number of ether oxygens (including phenoxy) is 1. The van der Waals surface area contributed by atoms with Crippen molar-refractivity contribution in [1.82, 2.24) is 9.62 Å². The van der Waals surface area contributed by atoms with Crippen LogP contribution in [0.5, 0.6) is 5.75 Å². The number of sulfone groups is 1. The van der Waals surface area contributed by atoms with Crippen molar-refractivity contribution in [2.24, 2.45) is 5.92 Å². The number of hydrogen-bond donors (Lipinski definition) is 1. The van der Waals surface area contributed by atoms with Crippen molar-refractivity contribution >= 4 is 31.3 Å². The van der Waals surface area contributed by atoms with Gasteiger partial charge in [0.05, 0.1) is 16.5 Å². The lowest BCUT2D eigenvalue weighted by molar-refractivity contribution is -0.139. The van der Waals surface area contributed by atoms with Crippen molar-refractivity contribution in [3.8, 4) is 5.75 Å². The largest absolute Gasteiger partial charge is 0.489 e. The van der Waals surface area contributed by atoms with Crippen LogP contribution in [0.4, 0.5) is 22.0 Å². The van der Waals surface area contributed by atoms with E-state index in [0.29, 0.717) is 43.2 Å². The summed E-state index contributed by atoms with van der Waals surface area (Å²) in [4.78, 5) is 15.7. The molecular formula is C35H37F5N2O5S2. The molecule has 1 saturated heterocycles. The lowest BCUT2D eigenvalue weighted by atomic mass is 9.78. The number of amides is 1. The number of alkyl halides is 3. The Morgan fingerprint density at radius 1 is 1.00 bits per heavy atom. The van der Waals surface area contributed by atoms with Gasteiger partial charge in [-0.2, -0.15) is 13.2 Å². The van der Waals surface area contributed by atoms with Crippen LogP contribution in [-0.4, -0.2) is 54.2 Å². The summed E-state index contributed by atoms with van der Waals surface area (Å²) >= 11 is 0. The monoisotopic (exact) mass is 724 g/mol. The van der Waals surface area contributed by atoms with Crippen molar-refractivity contribution in [2.45, 2.75) is 79.5 Å². The van der Waals surface area contributed by atoms with Crippen molar-refractivity contribution < 1.29 is 44.1 Å². The molecule has 49 heavy (non-hydrogen) atoms. The number of hydrogen-bond acceptors (Lipinski definition) is 5. The molecule has 0 radical (unpaired) electrons. The van der Waals surface area contributed by atoms with E-state index >= 15 is 0 Å².